The van der Waals surface area contributed by atoms with E-state index in [0.717, 1.165) is 81.4 Å². The van der Waals surface area contributed by atoms with Gasteiger partial charge in [0.25, 0.3) is 5.91 Å². The molecule has 3 aromatic rings. The standard InChI is InChI=1S/C35H45N5O5/c1-3-44-32(41)24-40(35(43)38-27-10-5-4-6-11-27)31-12-8-7-9-26(31)15-19-39-20-16-28(17-21-39)37-34(42)33-29(18-22-45-33)30-14-13-25(2)23-36-30/h7-9,12-14,18,22-23,27-28H,3-6,10-11,15-17,19-21,24H2,1-2H3,(H,37,42)(H,38,43). The Hall–Kier alpha value is -4.18. The molecule has 1 aromatic carbocycles. The number of carbonyl (C=O) groups excluding carboxylic acids is 3. The highest BCUT2D eigenvalue weighted by molar-refractivity contribution is 5.98. The number of amides is 3. The zero-order valence-electron chi connectivity index (χ0n) is 26.4. The van der Waals surface area contributed by atoms with E-state index in [1.807, 2.05) is 43.3 Å². The average Bonchev–Trinajstić information content (AvgIpc) is 3.55. The van der Waals surface area contributed by atoms with Gasteiger partial charge in [-0.15, -0.1) is 0 Å². The fraction of sp³-hybridized carbons (Fsp3) is 0.486. The normalized spacial score (nSPS) is 16.2. The summed E-state index contributed by atoms with van der Waals surface area (Å²) >= 11 is 0. The van der Waals surface area contributed by atoms with Crippen LogP contribution in [0.5, 0.6) is 0 Å². The van der Waals surface area contributed by atoms with Gasteiger partial charge in [0.2, 0.25) is 5.76 Å². The van der Waals surface area contributed by atoms with Crippen molar-refractivity contribution < 1.29 is 23.5 Å². The summed E-state index contributed by atoms with van der Waals surface area (Å²) in [5.41, 5.74) is 4.19. The number of hydrogen-bond acceptors (Lipinski definition) is 7. The van der Waals surface area contributed by atoms with E-state index in [1.165, 1.54) is 12.7 Å². The first-order chi connectivity index (χ1) is 21.9. The number of nitrogens with zero attached hydrogens (tertiary/aromatic N) is 3. The highest BCUT2D eigenvalue weighted by Gasteiger charge is 2.27. The van der Waals surface area contributed by atoms with Crippen molar-refractivity contribution in [3.8, 4) is 11.3 Å². The first-order valence-corrected chi connectivity index (χ1v) is 16.3. The second-order valence-corrected chi connectivity index (χ2v) is 12.0. The lowest BCUT2D eigenvalue weighted by Crippen LogP contribution is -2.48. The number of benzene rings is 1. The Balaban J connectivity index is 1.17. The maximum Gasteiger partial charge on any atom is 0.326 e. The molecule has 240 valence electrons. The second-order valence-electron chi connectivity index (χ2n) is 12.0. The molecule has 1 saturated heterocycles. The summed E-state index contributed by atoms with van der Waals surface area (Å²) in [4.78, 5) is 47.5. The summed E-state index contributed by atoms with van der Waals surface area (Å²) in [7, 11) is 0. The molecule has 1 aliphatic heterocycles. The Morgan fingerprint density at radius 3 is 2.47 bits per heavy atom. The van der Waals surface area contributed by atoms with Gasteiger partial charge in [0, 0.05) is 43.6 Å². The second kappa shape index (κ2) is 15.7. The number of pyridine rings is 1. The minimum absolute atomic E-state index is 0.0496. The summed E-state index contributed by atoms with van der Waals surface area (Å²) in [5.74, 6) is -0.366. The van der Waals surface area contributed by atoms with Crippen molar-refractivity contribution in [3.05, 3.63) is 71.8 Å². The molecule has 2 aliphatic rings. The molecule has 0 spiro atoms. The lowest BCUT2D eigenvalue weighted by Gasteiger charge is -2.33. The molecule has 0 radical (unpaired) electrons. The van der Waals surface area contributed by atoms with Crippen LogP contribution in [0.1, 0.15) is 73.6 Å². The summed E-state index contributed by atoms with van der Waals surface area (Å²) < 4.78 is 10.8. The van der Waals surface area contributed by atoms with Gasteiger partial charge in [-0.3, -0.25) is 19.5 Å². The number of piperidine rings is 1. The van der Waals surface area contributed by atoms with Crippen molar-refractivity contribution in [2.75, 3.05) is 37.7 Å². The molecule has 0 unspecified atom stereocenters. The fourth-order valence-electron chi connectivity index (χ4n) is 6.23. The Labute approximate surface area is 265 Å². The number of furan rings is 1. The first-order valence-electron chi connectivity index (χ1n) is 16.3. The molecular formula is C35H45N5O5. The molecule has 5 rings (SSSR count). The number of aryl methyl sites for hydroxylation is 1. The number of likely N-dealkylation sites (tertiary alicyclic amines) is 1. The maximum absolute atomic E-state index is 13.5. The van der Waals surface area contributed by atoms with Crippen LogP contribution in [0.25, 0.3) is 11.3 Å². The number of aromatic nitrogens is 1. The van der Waals surface area contributed by atoms with Gasteiger partial charge in [0.05, 0.1) is 24.1 Å². The van der Waals surface area contributed by atoms with E-state index in [1.54, 1.807) is 24.1 Å². The van der Waals surface area contributed by atoms with Crippen molar-refractivity contribution in [3.63, 3.8) is 0 Å². The van der Waals surface area contributed by atoms with Crippen molar-refractivity contribution >= 4 is 23.6 Å². The Bertz CT molecular complexity index is 1420. The molecule has 3 heterocycles. The average molecular weight is 616 g/mol. The van der Waals surface area contributed by atoms with Crippen LogP contribution in [0.4, 0.5) is 10.5 Å². The SMILES string of the molecule is CCOC(=O)CN(C(=O)NC1CCCCC1)c1ccccc1CCN1CCC(NC(=O)c2occc2-c2ccc(C)cn2)CC1. The van der Waals surface area contributed by atoms with Crippen molar-refractivity contribution in [2.45, 2.75) is 77.3 Å². The minimum atomic E-state index is -0.424. The Kier molecular flexibility index (Phi) is 11.2. The van der Waals surface area contributed by atoms with Gasteiger partial charge in [0.15, 0.2) is 0 Å². The third kappa shape index (κ3) is 8.72. The fourth-order valence-corrected chi connectivity index (χ4v) is 6.23. The quantitative estimate of drug-likeness (QED) is 0.274. The summed E-state index contributed by atoms with van der Waals surface area (Å²) in [6, 6.07) is 13.4. The van der Waals surface area contributed by atoms with Crippen LogP contribution in [-0.4, -0.2) is 72.7 Å². The van der Waals surface area contributed by atoms with Crippen LogP contribution in [0, 0.1) is 6.92 Å². The zero-order chi connectivity index (χ0) is 31.6. The number of nitrogens with one attached hydrogen (secondary N) is 2. The van der Waals surface area contributed by atoms with Crippen LogP contribution in [0.3, 0.4) is 0 Å². The number of para-hydroxylation sites is 1. The number of ether oxygens (including phenoxy) is 1. The van der Waals surface area contributed by atoms with Crippen LogP contribution < -0.4 is 15.5 Å². The first kappa shape index (κ1) is 32.2. The number of esters is 1. The molecular weight excluding hydrogens is 570 g/mol. The van der Waals surface area contributed by atoms with E-state index < -0.39 is 5.97 Å². The van der Waals surface area contributed by atoms with E-state index in [2.05, 4.69) is 20.5 Å². The molecule has 2 fully saturated rings. The molecule has 1 saturated carbocycles. The predicted octanol–water partition coefficient (Wildman–Crippen LogP) is 5.50. The number of urea groups is 1. The van der Waals surface area contributed by atoms with E-state index in [4.69, 9.17) is 9.15 Å². The van der Waals surface area contributed by atoms with Crippen molar-refractivity contribution in [2.24, 2.45) is 0 Å². The van der Waals surface area contributed by atoms with Crippen LogP contribution in [0.2, 0.25) is 0 Å². The third-order valence-corrected chi connectivity index (χ3v) is 8.73. The van der Waals surface area contributed by atoms with E-state index in [0.29, 0.717) is 11.3 Å². The number of anilines is 1. The molecule has 1 aliphatic carbocycles. The summed E-state index contributed by atoms with van der Waals surface area (Å²) in [6.07, 6.45) is 11.0. The van der Waals surface area contributed by atoms with Crippen LogP contribution >= 0.6 is 0 Å². The third-order valence-electron chi connectivity index (χ3n) is 8.73. The maximum atomic E-state index is 13.5. The molecule has 3 amide bonds. The van der Waals surface area contributed by atoms with E-state index >= 15 is 0 Å². The van der Waals surface area contributed by atoms with Crippen molar-refractivity contribution in [1.82, 2.24) is 20.5 Å². The van der Waals surface area contributed by atoms with E-state index in [-0.39, 0.29) is 42.9 Å². The molecule has 45 heavy (non-hydrogen) atoms. The Morgan fingerprint density at radius 1 is 0.978 bits per heavy atom. The van der Waals surface area contributed by atoms with Gasteiger partial charge in [-0.05, 0) is 75.3 Å². The summed E-state index contributed by atoms with van der Waals surface area (Å²) in [5, 5.41) is 6.32. The number of rotatable bonds is 11. The van der Waals surface area contributed by atoms with Crippen LogP contribution in [-0.2, 0) is 16.0 Å². The van der Waals surface area contributed by atoms with E-state index in [9.17, 15) is 14.4 Å². The monoisotopic (exact) mass is 615 g/mol. The van der Waals surface area contributed by atoms with Gasteiger partial charge in [-0.25, -0.2) is 4.79 Å². The van der Waals surface area contributed by atoms with Gasteiger partial charge >= 0.3 is 12.0 Å². The van der Waals surface area contributed by atoms with Crippen molar-refractivity contribution in [1.29, 1.82) is 0 Å². The lowest BCUT2D eigenvalue weighted by atomic mass is 9.96. The predicted molar refractivity (Wildman–Crippen MR) is 173 cm³/mol. The van der Waals surface area contributed by atoms with Gasteiger partial charge in [-0.2, -0.15) is 0 Å². The van der Waals surface area contributed by atoms with Gasteiger partial charge in [0.1, 0.15) is 6.54 Å². The molecule has 0 bridgehead atoms. The molecule has 0 atom stereocenters. The lowest BCUT2D eigenvalue weighted by molar-refractivity contribution is -0.141. The van der Waals surface area contributed by atoms with Gasteiger partial charge < -0.3 is 24.7 Å². The van der Waals surface area contributed by atoms with Gasteiger partial charge in [-0.1, -0.05) is 43.5 Å². The largest absolute Gasteiger partial charge is 0.465 e. The number of hydrogen-bond donors (Lipinski definition) is 2. The Morgan fingerprint density at radius 2 is 1.73 bits per heavy atom. The molecule has 10 nitrogen and oxygen atoms in total. The van der Waals surface area contributed by atoms with Crippen LogP contribution in [0.15, 0.2) is 59.3 Å². The summed E-state index contributed by atoms with van der Waals surface area (Å²) in [6.45, 7) is 6.36. The zero-order valence-corrected chi connectivity index (χ0v) is 26.4. The molecule has 2 aromatic heterocycles. The minimum Gasteiger partial charge on any atom is -0.465 e. The highest BCUT2D eigenvalue weighted by Crippen LogP contribution is 2.26. The molecule has 10 heteroatoms. The topological polar surface area (TPSA) is 117 Å². The smallest absolute Gasteiger partial charge is 0.326 e. The molecule has 2 N–H and O–H groups in total. The highest BCUT2D eigenvalue weighted by atomic mass is 16.5. The number of carbonyl (C=O) groups is 3.